The summed E-state index contributed by atoms with van der Waals surface area (Å²) in [5, 5.41) is 11.3. The van der Waals surface area contributed by atoms with E-state index in [-0.39, 0.29) is 5.91 Å². The van der Waals surface area contributed by atoms with Crippen LogP contribution in [0.2, 0.25) is 0 Å². The average Bonchev–Trinajstić information content (AvgIpc) is 2.69. The quantitative estimate of drug-likeness (QED) is 0.870. The lowest BCUT2D eigenvalue weighted by molar-refractivity contribution is 0.102. The van der Waals surface area contributed by atoms with Gasteiger partial charge in [0.2, 0.25) is 0 Å². The van der Waals surface area contributed by atoms with Gasteiger partial charge in [-0.2, -0.15) is 10.2 Å². The minimum atomic E-state index is -0.152. The molecule has 0 fully saturated rings. The number of aromatic nitrogens is 4. The zero-order valence-corrected chi connectivity index (χ0v) is 11.3. The number of carbonyl (C=O) groups is 1. The summed E-state index contributed by atoms with van der Waals surface area (Å²) >= 11 is 0. The summed E-state index contributed by atoms with van der Waals surface area (Å²) in [6.07, 6.45) is 0. The average molecular weight is 247 g/mol. The third-order valence-corrected chi connectivity index (χ3v) is 2.98. The van der Waals surface area contributed by atoms with Crippen LogP contribution in [0.5, 0.6) is 0 Å². The predicted molar refractivity (Wildman–Crippen MR) is 68.6 cm³/mol. The van der Waals surface area contributed by atoms with Crippen molar-refractivity contribution in [1.29, 1.82) is 0 Å². The first kappa shape index (κ1) is 12.3. The van der Waals surface area contributed by atoms with E-state index in [1.165, 1.54) is 0 Å². The minimum absolute atomic E-state index is 0.152. The molecule has 0 saturated carbocycles. The molecular formula is C12H17N5O. The largest absolute Gasteiger partial charge is 0.307 e. The van der Waals surface area contributed by atoms with Gasteiger partial charge in [0.25, 0.3) is 5.91 Å². The minimum Gasteiger partial charge on any atom is -0.307 e. The van der Waals surface area contributed by atoms with Crippen molar-refractivity contribution >= 4 is 11.7 Å². The molecule has 0 aliphatic heterocycles. The van der Waals surface area contributed by atoms with Crippen LogP contribution in [0.15, 0.2) is 6.07 Å². The number of carbonyl (C=O) groups excluding carboxylic acids is 1. The van der Waals surface area contributed by atoms with Crippen LogP contribution in [0.25, 0.3) is 0 Å². The monoisotopic (exact) mass is 247 g/mol. The first-order valence-electron chi connectivity index (χ1n) is 5.72. The van der Waals surface area contributed by atoms with Crippen LogP contribution >= 0.6 is 0 Å². The smallest absolute Gasteiger partial charge is 0.260 e. The van der Waals surface area contributed by atoms with Crippen molar-refractivity contribution in [1.82, 2.24) is 19.6 Å². The number of nitrogens with one attached hydrogen (secondary N) is 1. The van der Waals surface area contributed by atoms with Gasteiger partial charge in [-0.25, -0.2) is 0 Å². The SMILES string of the molecule is Cc1cc(NC(=O)c2c(C)nn(C)c2C)n(C)n1. The fourth-order valence-electron chi connectivity index (χ4n) is 2.01. The molecule has 0 unspecified atom stereocenters. The fraction of sp³-hybridized carbons (Fsp3) is 0.417. The van der Waals surface area contributed by atoms with E-state index in [0.29, 0.717) is 11.4 Å². The molecule has 0 spiro atoms. The highest BCUT2D eigenvalue weighted by molar-refractivity contribution is 6.05. The van der Waals surface area contributed by atoms with E-state index < -0.39 is 0 Å². The Bertz CT molecular complexity index is 608. The lowest BCUT2D eigenvalue weighted by atomic mass is 10.2. The zero-order chi connectivity index (χ0) is 13.4. The number of nitrogens with zero attached hydrogens (tertiary/aromatic N) is 4. The molecule has 0 bridgehead atoms. The number of hydrogen-bond donors (Lipinski definition) is 1. The van der Waals surface area contributed by atoms with Crippen molar-refractivity contribution < 1.29 is 4.79 Å². The third kappa shape index (κ3) is 2.01. The van der Waals surface area contributed by atoms with Crippen molar-refractivity contribution in [2.24, 2.45) is 14.1 Å². The van der Waals surface area contributed by atoms with Crippen LogP contribution in [0.3, 0.4) is 0 Å². The molecule has 0 radical (unpaired) electrons. The van der Waals surface area contributed by atoms with Gasteiger partial charge in [0.05, 0.1) is 17.0 Å². The first-order chi connectivity index (χ1) is 8.40. The molecular weight excluding hydrogens is 230 g/mol. The lowest BCUT2D eigenvalue weighted by Gasteiger charge is -2.05. The molecule has 0 saturated heterocycles. The normalized spacial score (nSPS) is 10.7. The van der Waals surface area contributed by atoms with Gasteiger partial charge in [-0.05, 0) is 20.8 Å². The van der Waals surface area contributed by atoms with Gasteiger partial charge < -0.3 is 5.32 Å². The molecule has 2 aromatic rings. The molecule has 6 nitrogen and oxygen atoms in total. The Hall–Kier alpha value is -2.11. The predicted octanol–water partition coefficient (Wildman–Crippen LogP) is 1.33. The summed E-state index contributed by atoms with van der Waals surface area (Å²) in [4.78, 5) is 12.2. The molecule has 0 aliphatic rings. The van der Waals surface area contributed by atoms with Gasteiger partial charge in [0.15, 0.2) is 0 Å². The van der Waals surface area contributed by atoms with E-state index in [4.69, 9.17) is 0 Å². The molecule has 2 heterocycles. The van der Waals surface area contributed by atoms with Crippen molar-refractivity contribution in [3.63, 3.8) is 0 Å². The maximum absolute atomic E-state index is 12.2. The third-order valence-electron chi connectivity index (χ3n) is 2.98. The molecule has 0 atom stereocenters. The zero-order valence-electron chi connectivity index (χ0n) is 11.3. The lowest BCUT2D eigenvalue weighted by Crippen LogP contribution is -2.16. The van der Waals surface area contributed by atoms with Crippen molar-refractivity contribution in [3.8, 4) is 0 Å². The number of hydrogen-bond acceptors (Lipinski definition) is 3. The summed E-state index contributed by atoms with van der Waals surface area (Å²) in [5.41, 5.74) is 3.07. The van der Waals surface area contributed by atoms with Crippen LogP contribution in [-0.2, 0) is 14.1 Å². The second-order valence-corrected chi connectivity index (χ2v) is 4.42. The fourth-order valence-corrected chi connectivity index (χ4v) is 2.01. The van der Waals surface area contributed by atoms with Crippen LogP contribution in [-0.4, -0.2) is 25.5 Å². The Morgan fingerprint density at radius 3 is 2.28 bits per heavy atom. The van der Waals surface area contributed by atoms with Crippen LogP contribution in [0.4, 0.5) is 5.82 Å². The van der Waals surface area contributed by atoms with E-state index in [2.05, 4.69) is 15.5 Å². The summed E-state index contributed by atoms with van der Waals surface area (Å²) in [6.45, 7) is 5.59. The highest BCUT2D eigenvalue weighted by atomic mass is 16.1. The Balaban J connectivity index is 2.30. The van der Waals surface area contributed by atoms with Crippen molar-refractivity contribution in [2.75, 3.05) is 5.32 Å². The van der Waals surface area contributed by atoms with Gasteiger partial charge in [-0.15, -0.1) is 0 Å². The topological polar surface area (TPSA) is 64.7 Å². The van der Waals surface area contributed by atoms with E-state index in [1.54, 1.807) is 16.4 Å². The molecule has 0 aliphatic carbocycles. The van der Waals surface area contributed by atoms with E-state index in [1.807, 2.05) is 33.9 Å². The molecule has 1 N–H and O–H groups in total. The number of aryl methyl sites for hydroxylation is 4. The summed E-state index contributed by atoms with van der Waals surface area (Å²) in [7, 11) is 3.62. The molecule has 2 rings (SSSR count). The maximum atomic E-state index is 12.2. The van der Waals surface area contributed by atoms with Gasteiger partial charge in [0, 0.05) is 25.9 Å². The van der Waals surface area contributed by atoms with Crippen molar-refractivity contribution in [2.45, 2.75) is 20.8 Å². The molecule has 1 amide bonds. The molecule has 96 valence electrons. The molecule has 6 heteroatoms. The van der Waals surface area contributed by atoms with E-state index in [9.17, 15) is 4.79 Å². The van der Waals surface area contributed by atoms with Gasteiger partial charge in [0.1, 0.15) is 5.82 Å². The van der Waals surface area contributed by atoms with Gasteiger partial charge >= 0.3 is 0 Å². The molecule has 0 aromatic carbocycles. The second kappa shape index (κ2) is 4.29. The number of anilines is 1. The first-order valence-corrected chi connectivity index (χ1v) is 5.72. The summed E-state index contributed by atoms with van der Waals surface area (Å²) < 4.78 is 3.35. The Labute approximate surface area is 106 Å². The van der Waals surface area contributed by atoms with Crippen LogP contribution < -0.4 is 5.32 Å². The Morgan fingerprint density at radius 2 is 1.83 bits per heavy atom. The van der Waals surface area contributed by atoms with Gasteiger partial charge in [-0.1, -0.05) is 0 Å². The second-order valence-electron chi connectivity index (χ2n) is 4.42. The van der Waals surface area contributed by atoms with Crippen LogP contribution in [0, 0.1) is 20.8 Å². The highest BCUT2D eigenvalue weighted by Gasteiger charge is 2.18. The standard InChI is InChI=1S/C12H17N5O/c1-7-6-10(17(5)14-7)13-12(18)11-8(2)15-16(4)9(11)3/h6H,1-5H3,(H,13,18). The maximum Gasteiger partial charge on any atom is 0.260 e. The highest BCUT2D eigenvalue weighted by Crippen LogP contribution is 2.15. The number of amides is 1. The summed E-state index contributed by atoms with van der Waals surface area (Å²) in [6, 6.07) is 1.83. The van der Waals surface area contributed by atoms with Crippen LogP contribution in [0.1, 0.15) is 27.4 Å². The molecule has 2 aromatic heterocycles. The van der Waals surface area contributed by atoms with Gasteiger partial charge in [-0.3, -0.25) is 14.2 Å². The number of rotatable bonds is 2. The van der Waals surface area contributed by atoms with Crippen molar-refractivity contribution in [3.05, 3.63) is 28.7 Å². The Kier molecular flexibility index (Phi) is 2.94. The van der Waals surface area contributed by atoms with E-state index >= 15 is 0 Å². The van der Waals surface area contributed by atoms with E-state index in [0.717, 1.165) is 17.1 Å². The summed E-state index contributed by atoms with van der Waals surface area (Å²) in [5.74, 6) is 0.529. The Morgan fingerprint density at radius 1 is 1.17 bits per heavy atom. The molecule has 18 heavy (non-hydrogen) atoms.